The van der Waals surface area contributed by atoms with E-state index in [4.69, 9.17) is 4.74 Å². The second-order valence-electron chi connectivity index (χ2n) is 4.45. The molecule has 2 aromatic rings. The van der Waals surface area contributed by atoms with E-state index >= 15 is 0 Å². The summed E-state index contributed by atoms with van der Waals surface area (Å²) >= 11 is 0. The van der Waals surface area contributed by atoms with Gasteiger partial charge < -0.3 is 9.64 Å². The molecule has 0 aliphatic rings. The molecule has 0 aliphatic carbocycles. The highest BCUT2D eigenvalue weighted by molar-refractivity contribution is 5.94. The number of carbonyl (C=O) groups is 1. The van der Waals surface area contributed by atoms with Gasteiger partial charge in [0, 0.05) is 12.2 Å². The Morgan fingerprint density at radius 3 is 2.20 bits per heavy atom. The Balaban J connectivity index is 1.87. The van der Waals surface area contributed by atoms with Crippen molar-refractivity contribution in [3.05, 3.63) is 66.2 Å². The van der Waals surface area contributed by atoms with Gasteiger partial charge >= 0.3 is 0 Å². The summed E-state index contributed by atoms with van der Waals surface area (Å²) in [6.45, 7) is 3.15. The van der Waals surface area contributed by atoms with Crippen molar-refractivity contribution in [3.63, 3.8) is 0 Å². The monoisotopic (exact) mass is 269 g/mol. The van der Waals surface area contributed by atoms with Crippen LogP contribution >= 0.6 is 0 Å². The van der Waals surface area contributed by atoms with Crippen LogP contribution in [-0.2, 0) is 16.1 Å². The fourth-order valence-electron chi connectivity index (χ4n) is 2.02. The van der Waals surface area contributed by atoms with Crippen molar-refractivity contribution in [2.45, 2.75) is 13.5 Å². The summed E-state index contributed by atoms with van der Waals surface area (Å²) in [6.07, 6.45) is 0. The maximum absolute atomic E-state index is 12.2. The van der Waals surface area contributed by atoms with Gasteiger partial charge in [-0.15, -0.1) is 0 Å². The molecule has 0 heterocycles. The van der Waals surface area contributed by atoms with Gasteiger partial charge in [0.2, 0.25) is 0 Å². The third-order valence-electron chi connectivity index (χ3n) is 3.02. The zero-order valence-electron chi connectivity index (χ0n) is 11.7. The van der Waals surface area contributed by atoms with Gasteiger partial charge in [-0.1, -0.05) is 48.5 Å². The van der Waals surface area contributed by atoms with E-state index < -0.39 is 0 Å². The quantitative estimate of drug-likeness (QED) is 0.805. The molecule has 0 aromatic heterocycles. The van der Waals surface area contributed by atoms with Gasteiger partial charge in [0.15, 0.2) is 0 Å². The smallest absolute Gasteiger partial charge is 0.252 e. The summed E-state index contributed by atoms with van der Waals surface area (Å²) in [6, 6.07) is 19.5. The molecule has 0 fully saturated rings. The van der Waals surface area contributed by atoms with Crippen molar-refractivity contribution < 1.29 is 9.53 Å². The largest absolute Gasteiger partial charge is 0.367 e. The van der Waals surface area contributed by atoms with Gasteiger partial charge in [-0.2, -0.15) is 0 Å². The van der Waals surface area contributed by atoms with Gasteiger partial charge in [0.1, 0.15) is 6.61 Å². The average molecular weight is 269 g/mol. The number of benzene rings is 2. The van der Waals surface area contributed by atoms with Crippen LogP contribution in [0, 0.1) is 0 Å². The predicted molar refractivity (Wildman–Crippen MR) is 80.6 cm³/mol. The summed E-state index contributed by atoms with van der Waals surface area (Å²) in [5.74, 6) is -0.0189. The molecule has 3 heteroatoms. The third-order valence-corrected chi connectivity index (χ3v) is 3.02. The first-order chi connectivity index (χ1) is 9.81. The van der Waals surface area contributed by atoms with Crippen LogP contribution in [0.15, 0.2) is 60.7 Å². The molecule has 0 saturated carbocycles. The van der Waals surface area contributed by atoms with Crippen LogP contribution in [0.5, 0.6) is 0 Å². The summed E-state index contributed by atoms with van der Waals surface area (Å²) in [5.41, 5.74) is 1.98. The van der Waals surface area contributed by atoms with Crippen molar-refractivity contribution in [1.82, 2.24) is 0 Å². The minimum Gasteiger partial charge on any atom is -0.367 e. The lowest BCUT2D eigenvalue weighted by molar-refractivity contribution is -0.123. The Morgan fingerprint density at radius 2 is 1.60 bits per heavy atom. The highest BCUT2D eigenvalue weighted by Gasteiger charge is 2.13. The first-order valence-electron chi connectivity index (χ1n) is 6.78. The molecule has 0 aliphatic heterocycles. The van der Waals surface area contributed by atoms with E-state index in [2.05, 4.69) is 0 Å². The molecule has 0 saturated heterocycles. The number of ether oxygens (including phenoxy) is 1. The Kier molecular flexibility index (Phi) is 5.33. The Labute approximate surface area is 119 Å². The minimum absolute atomic E-state index is 0.0189. The first-order valence-corrected chi connectivity index (χ1v) is 6.78. The van der Waals surface area contributed by atoms with Crippen molar-refractivity contribution in [2.24, 2.45) is 0 Å². The van der Waals surface area contributed by atoms with Crippen LogP contribution in [0.4, 0.5) is 5.69 Å². The van der Waals surface area contributed by atoms with Gasteiger partial charge in [-0.3, -0.25) is 4.79 Å². The van der Waals surface area contributed by atoms with Gasteiger partial charge in [0.25, 0.3) is 5.91 Å². The number of likely N-dealkylation sites (N-methyl/N-ethyl adjacent to an activating group) is 1. The zero-order valence-corrected chi connectivity index (χ0v) is 11.7. The fourth-order valence-corrected chi connectivity index (χ4v) is 2.02. The number of hydrogen-bond acceptors (Lipinski definition) is 2. The molecule has 104 valence electrons. The van der Waals surface area contributed by atoms with E-state index in [0.29, 0.717) is 13.2 Å². The molecule has 3 nitrogen and oxygen atoms in total. The number of hydrogen-bond donors (Lipinski definition) is 0. The maximum Gasteiger partial charge on any atom is 0.252 e. The minimum atomic E-state index is -0.0189. The highest BCUT2D eigenvalue weighted by Crippen LogP contribution is 2.13. The van der Waals surface area contributed by atoms with Crippen LogP contribution < -0.4 is 4.90 Å². The van der Waals surface area contributed by atoms with Gasteiger partial charge in [-0.05, 0) is 24.6 Å². The standard InChI is InChI=1S/C17H19NO2/c1-2-18(16-11-7-4-8-12-16)17(19)14-20-13-15-9-5-3-6-10-15/h3-12H,2,13-14H2,1H3. The predicted octanol–water partition coefficient (Wildman–Crippen LogP) is 3.26. The molecule has 0 N–H and O–H groups in total. The molecule has 1 amide bonds. The molecule has 20 heavy (non-hydrogen) atoms. The molecule has 2 rings (SSSR count). The van der Waals surface area contributed by atoms with E-state index in [1.54, 1.807) is 4.90 Å². The summed E-state index contributed by atoms with van der Waals surface area (Å²) < 4.78 is 5.49. The Bertz CT molecular complexity index is 525. The molecule has 0 bridgehead atoms. The third kappa shape index (κ3) is 3.93. The molecular weight excluding hydrogens is 250 g/mol. The molecule has 2 aromatic carbocycles. The normalized spacial score (nSPS) is 10.2. The van der Waals surface area contributed by atoms with E-state index in [1.165, 1.54) is 0 Å². The SMILES string of the molecule is CCN(C(=O)COCc1ccccc1)c1ccccc1. The van der Waals surface area contributed by atoms with Crippen molar-refractivity contribution >= 4 is 11.6 Å². The van der Waals surface area contributed by atoms with Crippen LogP contribution in [0.2, 0.25) is 0 Å². The van der Waals surface area contributed by atoms with E-state index in [-0.39, 0.29) is 12.5 Å². The first kappa shape index (κ1) is 14.3. The molecular formula is C17H19NO2. The number of amides is 1. The number of nitrogens with zero attached hydrogens (tertiary/aromatic N) is 1. The second kappa shape index (κ2) is 7.46. The number of carbonyl (C=O) groups excluding carboxylic acids is 1. The molecule has 0 unspecified atom stereocenters. The van der Waals surface area contributed by atoms with E-state index in [1.807, 2.05) is 67.6 Å². The van der Waals surface area contributed by atoms with Crippen molar-refractivity contribution in [2.75, 3.05) is 18.1 Å². The lowest BCUT2D eigenvalue weighted by Gasteiger charge is -2.20. The molecule has 0 atom stereocenters. The second-order valence-corrected chi connectivity index (χ2v) is 4.45. The topological polar surface area (TPSA) is 29.5 Å². The zero-order chi connectivity index (χ0) is 14.2. The number of rotatable bonds is 6. The van der Waals surface area contributed by atoms with Gasteiger partial charge in [0.05, 0.1) is 6.61 Å². The van der Waals surface area contributed by atoms with E-state index in [9.17, 15) is 4.79 Å². The summed E-state index contributed by atoms with van der Waals surface area (Å²) in [7, 11) is 0. The molecule has 0 spiro atoms. The summed E-state index contributed by atoms with van der Waals surface area (Å²) in [5, 5.41) is 0. The fraction of sp³-hybridized carbons (Fsp3) is 0.235. The summed E-state index contributed by atoms with van der Waals surface area (Å²) in [4.78, 5) is 13.9. The Morgan fingerprint density at radius 1 is 1.00 bits per heavy atom. The van der Waals surface area contributed by atoms with Crippen LogP contribution in [-0.4, -0.2) is 19.1 Å². The number of para-hydroxylation sites is 1. The van der Waals surface area contributed by atoms with Gasteiger partial charge in [-0.25, -0.2) is 0 Å². The lowest BCUT2D eigenvalue weighted by Crippen LogP contribution is -2.33. The van der Waals surface area contributed by atoms with Crippen LogP contribution in [0.1, 0.15) is 12.5 Å². The number of anilines is 1. The molecule has 0 radical (unpaired) electrons. The maximum atomic E-state index is 12.2. The van der Waals surface area contributed by atoms with Crippen molar-refractivity contribution in [1.29, 1.82) is 0 Å². The highest BCUT2D eigenvalue weighted by atomic mass is 16.5. The van der Waals surface area contributed by atoms with E-state index in [0.717, 1.165) is 11.3 Å². The van der Waals surface area contributed by atoms with Crippen LogP contribution in [0.3, 0.4) is 0 Å². The van der Waals surface area contributed by atoms with Crippen molar-refractivity contribution in [3.8, 4) is 0 Å². The Hall–Kier alpha value is -2.13. The lowest BCUT2D eigenvalue weighted by atomic mass is 10.2. The van der Waals surface area contributed by atoms with Crippen LogP contribution in [0.25, 0.3) is 0 Å². The average Bonchev–Trinajstić information content (AvgIpc) is 2.50.